The molecule has 0 aliphatic rings. The predicted octanol–water partition coefficient (Wildman–Crippen LogP) is 4.16. The Bertz CT molecular complexity index is 692. The molecule has 0 fully saturated rings. The monoisotopic (exact) mass is 346 g/mol. The van der Waals surface area contributed by atoms with Crippen molar-refractivity contribution in [2.45, 2.75) is 20.0 Å². The Morgan fingerprint density at radius 2 is 1.88 bits per heavy atom. The topological polar surface area (TPSA) is 50.8 Å². The van der Waals surface area contributed by atoms with E-state index in [0.29, 0.717) is 18.9 Å². The molecule has 0 saturated carbocycles. The first-order chi connectivity index (χ1) is 12.0. The summed E-state index contributed by atoms with van der Waals surface area (Å²) in [5.74, 6) is 0.624. The maximum atomic E-state index is 14.1. The fourth-order valence-corrected chi connectivity index (χ4v) is 2.07. The number of amides is 2. The van der Waals surface area contributed by atoms with Gasteiger partial charge in [0.05, 0.1) is 18.3 Å². The van der Waals surface area contributed by atoms with E-state index in [9.17, 15) is 9.18 Å². The first-order valence-corrected chi connectivity index (χ1v) is 8.12. The van der Waals surface area contributed by atoms with Gasteiger partial charge in [0, 0.05) is 13.1 Å². The van der Waals surface area contributed by atoms with Crippen molar-refractivity contribution in [3.8, 4) is 11.5 Å². The minimum Gasteiger partial charge on any atom is -0.492 e. The summed E-state index contributed by atoms with van der Waals surface area (Å²) >= 11 is 0. The zero-order valence-corrected chi connectivity index (χ0v) is 14.7. The summed E-state index contributed by atoms with van der Waals surface area (Å²) in [6.07, 6.45) is -0.0458. The zero-order valence-electron chi connectivity index (χ0n) is 14.7. The summed E-state index contributed by atoms with van der Waals surface area (Å²) in [7, 11) is 1.62. The SMILES string of the molecule is CC(C)Oc1ccc(NC(=O)N(C)CCOc2ccccc2)c(F)c1. The summed E-state index contributed by atoms with van der Waals surface area (Å²) in [6.45, 7) is 4.44. The van der Waals surface area contributed by atoms with E-state index in [1.165, 1.54) is 17.0 Å². The van der Waals surface area contributed by atoms with Gasteiger partial charge in [-0.25, -0.2) is 9.18 Å². The predicted molar refractivity (Wildman–Crippen MR) is 95.7 cm³/mol. The molecule has 6 heteroatoms. The van der Waals surface area contributed by atoms with Gasteiger partial charge < -0.3 is 19.7 Å². The molecule has 0 radical (unpaired) electrons. The molecule has 0 heterocycles. The van der Waals surface area contributed by atoms with Crippen LogP contribution in [0.5, 0.6) is 11.5 Å². The molecular formula is C19H23FN2O3. The fraction of sp³-hybridized carbons (Fsp3) is 0.316. The standard InChI is InChI=1S/C19H23FN2O3/c1-14(2)25-16-9-10-18(17(20)13-16)21-19(23)22(3)11-12-24-15-7-5-4-6-8-15/h4-10,13-14H,11-12H2,1-3H3,(H,21,23). The molecule has 0 aliphatic heterocycles. The minimum atomic E-state index is -0.541. The van der Waals surface area contributed by atoms with Crippen LogP contribution in [0.2, 0.25) is 0 Å². The molecule has 2 rings (SSSR count). The number of para-hydroxylation sites is 1. The number of urea groups is 1. The number of likely N-dealkylation sites (N-methyl/N-ethyl adjacent to an activating group) is 1. The Kier molecular flexibility index (Phi) is 6.62. The van der Waals surface area contributed by atoms with Crippen molar-refractivity contribution in [3.05, 3.63) is 54.3 Å². The number of hydrogen-bond acceptors (Lipinski definition) is 3. The highest BCUT2D eigenvalue weighted by molar-refractivity contribution is 5.89. The highest BCUT2D eigenvalue weighted by Gasteiger charge is 2.12. The van der Waals surface area contributed by atoms with Crippen LogP contribution in [0.3, 0.4) is 0 Å². The Hall–Kier alpha value is -2.76. The van der Waals surface area contributed by atoms with Crippen LogP contribution >= 0.6 is 0 Å². The number of carbonyl (C=O) groups excluding carboxylic acids is 1. The lowest BCUT2D eigenvalue weighted by atomic mass is 10.3. The van der Waals surface area contributed by atoms with Crippen LogP contribution in [-0.2, 0) is 0 Å². The smallest absolute Gasteiger partial charge is 0.321 e. The third-order valence-electron chi connectivity index (χ3n) is 3.34. The van der Waals surface area contributed by atoms with E-state index in [1.807, 2.05) is 44.2 Å². The average Bonchev–Trinajstić information content (AvgIpc) is 2.57. The molecule has 5 nitrogen and oxygen atoms in total. The second kappa shape index (κ2) is 8.92. The van der Waals surface area contributed by atoms with E-state index in [1.54, 1.807) is 13.1 Å². The summed E-state index contributed by atoms with van der Waals surface area (Å²) in [6, 6.07) is 13.3. The Balaban J connectivity index is 1.84. The van der Waals surface area contributed by atoms with E-state index < -0.39 is 11.8 Å². The van der Waals surface area contributed by atoms with Crippen LogP contribution in [0.25, 0.3) is 0 Å². The Morgan fingerprint density at radius 1 is 1.16 bits per heavy atom. The van der Waals surface area contributed by atoms with Crippen molar-refractivity contribution in [2.24, 2.45) is 0 Å². The largest absolute Gasteiger partial charge is 0.492 e. The van der Waals surface area contributed by atoms with Gasteiger partial charge >= 0.3 is 6.03 Å². The van der Waals surface area contributed by atoms with Crippen LogP contribution in [-0.4, -0.2) is 37.2 Å². The van der Waals surface area contributed by atoms with E-state index in [2.05, 4.69) is 5.32 Å². The number of benzene rings is 2. The zero-order chi connectivity index (χ0) is 18.2. The molecule has 134 valence electrons. The highest BCUT2D eigenvalue weighted by Crippen LogP contribution is 2.21. The number of halogens is 1. The van der Waals surface area contributed by atoms with Gasteiger partial charge in [-0.15, -0.1) is 0 Å². The Labute approximate surface area is 147 Å². The van der Waals surface area contributed by atoms with Gasteiger partial charge in [-0.05, 0) is 38.1 Å². The van der Waals surface area contributed by atoms with Crippen molar-refractivity contribution in [2.75, 3.05) is 25.5 Å². The van der Waals surface area contributed by atoms with Crippen molar-refractivity contribution in [1.82, 2.24) is 4.90 Å². The molecular weight excluding hydrogens is 323 g/mol. The molecule has 2 amide bonds. The van der Waals surface area contributed by atoms with Crippen LogP contribution in [0.1, 0.15) is 13.8 Å². The Morgan fingerprint density at radius 3 is 2.52 bits per heavy atom. The number of carbonyl (C=O) groups is 1. The second-order valence-corrected chi connectivity index (χ2v) is 5.82. The third-order valence-corrected chi connectivity index (χ3v) is 3.34. The van der Waals surface area contributed by atoms with Crippen molar-refractivity contribution < 1.29 is 18.7 Å². The number of nitrogens with zero attached hydrogens (tertiary/aromatic N) is 1. The summed E-state index contributed by atoms with van der Waals surface area (Å²) in [5.41, 5.74) is 0.108. The lowest BCUT2D eigenvalue weighted by Crippen LogP contribution is -2.34. The van der Waals surface area contributed by atoms with E-state index in [4.69, 9.17) is 9.47 Å². The number of anilines is 1. The molecule has 0 saturated heterocycles. The molecule has 2 aromatic carbocycles. The summed E-state index contributed by atoms with van der Waals surface area (Å²) in [5, 5.41) is 2.54. The molecule has 25 heavy (non-hydrogen) atoms. The maximum Gasteiger partial charge on any atom is 0.321 e. The van der Waals surface area contributed by atoms with Crippen LogP contribution < -0.4 is 14.8 Å². The summed E-state index contributed by atoms with van der Waals surface area (Å²) in [4.78, 5) is 13.6. The van der Waals surface area contributed by atoms with E-state index in [-0.39, 0.29) is 11.8 Å². The number of nitrogens with one attached hydrogen (secondary N) is 1. The molecule has 0 atom stereocenters. The van der Waals surface area contributed by atoms with Gasteiger partial charge in [0.25, 0.3) is 0 Å². The van der Waals surface area contributed by atoms with Gasteiger partial charge in [0.2, 0.25) is 0 Å². The lowest BCUT2D eigenvalue weighted by Gasteiger charge is -2.19. The first kappa shape index (κ1) is 18.6. The van der Waals surface area contributed by atoms with Crippen LogP contribution in [0.4, 0.5) is 14.9 Å². The van der Waals surface area contributed by atoms with Crippen molar-refractivity contribution in [3.63, 3.8) is 0 Å². The highest BCUT2D eigenvalue weighted by atomic mass is 19.1. The van der Waals surface area contributed by atoms with Gasteiger partial charge in [-0.2, -0.15) is 0 Å². The average molecular weight is 346 g/mol. The first-order valence-electron chi connectivity index (χ1n) is 8.12. The number of hydrogen-bond donors (Lipinski definition) is 1. The molecule has 2 aromatic rings. The molecule has 0 bridgehead atoms. The van der Waals surface area contributed by atoms with Gasteiger partial charge in [0.15, 0.2) is 0 Å². The van der Waals surface area contributed by atoms with Gasteiger partial charge in [0.1, 0.15) is 23.9 Å². The van der Waals surface area contributed by atoms with Crippen molar-refractivity contribution >= 4 is 11.7 Å². The maximum absolute atomic E-state index is 14.1. The third kappa shape index (κ3) is 5.99. The number of rotatable bonds is 7. The quantitative estimate of drug-likeness (QED) is 0.819. The van der Waals surface area contributed by atoms with E-state index >= 15 is 0 Å². The molecule has 0 aromatic heterocycles. The van der Waals surface area contributed by atoms with E-state index in [0.717, 1.165) is 5.75 Å². The van der Waals surface area contributed by atoms with Gasteiger partial charge in [-0.3, -0.25) is 0 Å². The van der Waals surface area contributed by atoms with Crippen molar-refractivity contribution in [1.29, 1.82) is 0 Å². The molecule has 0 unspecified atom stereocenters. The molecule has 1 N–H and O–H groups in total. The molecule has 0 aliphatic carbocycles. The normalized spacial score (nSPS) is 10.4. The fourth-order valence-electron chi connectivity index (χ4n) is 2.07. The van der Waals surface area contributed by atoms with Crippen LogP contribution in [0, 0.1) is 5.82 Å². The molecule has 0 spiro atoms. The van der Waals surface area contributed by atoms with Gasteiger partial charge in [-0.1, -0.05) is 18.2 Å². The summed E-state index contributed by atoms with van der Waals surface area (Å²) < 4.78 is 25.0. The number of ether oxygens (including phenoxy) is 2. The minimum absolute atomic E-state index is 0.0458. The lowest BCUT2D eigenvalue weighted by molar-refractivity contribution is 0.207. The second-order valence-electron chi connectivity index (χ2n) is 5.82. The van der Waals surface area contributed by atoms with Crippen LogP contribution in [0.15, 0.2) is 48.5 Å².